The number of carbonyl (C=O) groups excluding carboxylic acids is 9. The van der Waals surface area contributed by atoms with Crippen LogP contribution in [0.2, 0.25) is 10.0 Å². The van der Waals surface area contributed by atoms with Crippen molar-refractivity contribution in [1.29, 1.82) is 0 Å². The third kappa shape index (κ3) is 21.7. The minimum atomic E-state index is -5.21. The van der Waals surface area contributed by atoms with Crippen LogP contribution >= 0.6 is 23.2 Å². The van der Waals surface area contributed by atoms with Gasteiger partial charge in [-0.25, -0.2) is 9.82 Å². The largest absolute Gasteiger partial charge is 0.573 e. The van der Waals surface area contributed by atoms with E-state index in [4.69, 9.17) is 57.4 Å². The van der Waals surface area contributed by atoms with Crippen LogP contribution in [0.25, 0.3) is 11.1 Å². The fourth-order valence-electron chi connectivity index (χ4n) is 15.0. The number of halogens is 6. The van der Waals surface area contributed by atoms with Crippen molar-refractivity contribution in [3.05, 3.63) is 176 Å². The molecule has 7 aliphatic heterocycles. The Morgan fingerprint density at radius 3 is 1.95 bits per heavy atom. The molecular weight excluding hydrogens is 1730 g/mol. The first kappa shape index (κ1) is 94.3. The predicted molar refractivity (Wildman–Crippen MR) is 435 cm³/mol. The molecule has 14 rings (SSSR count). The van der Waals surface area contributed by atoms with Crippen LogP contribution in [0.5, 0.6) is 51.7 Å². The zero-order chi connectivity index (χ0) is 92.1. The van der Waals surface area contributed by atoms with Crippen LogP contribution in [0.4, 0.5) is 23.2 Å². The van der Waals surface area contributed by atoms with Gasteiger partial charge >= 0.3 is 6.36 Å². The average Bonchev–Trinajstić information content (AvgIpc) is 0.763. The number of fused-ring (bicyclic) bond motifs is 15. The first-order valence-electron chi connectivity index (χ1n) is 39.4. The molecule has 9 amide bonds. The summed E-state index contributed by atoms with van der Waals surface area (Å²) in [7, 11) is 1.45. The minimum Gasteiger partial charge on any atom is -0.508 e. The maximum atomic E-state index is 16.3. The number of phenolic OH excluding ortho intramolecular Hbond substituents is 3. The summed E-state index contributed by atoms with van der Waals surface area (Å²) in [6, 6.07) is 7.27. The number of aromatic hydroxyl groups is 3. The normalized spacial score (nSPS) is 25.8. The van der Waals surface area contributed by atoms with E-state index in [0.29, 0.717) is 17.7 Å². The van der Waals surface area contributed by atoms with Gasteiger partial charge in [0.25, 0.3) is 11.8 Å². The number of nitrogens with two attached hydrogens (primary N) is 1. The van der Waals surface area contributed by atoms with Gasteiger partial charge in [0, 0.05) is 53.5 Å². The summed E-state index contributed by atoms with van der Waals surface area (Å²) in [4.78, 5) is 133. The number of aliphatic hydroxyl groups is 7. The van der Waals surface area contributed by atoms with Gasteiger partial charge < -0.3 is 138 Å². The average molecular weight is 1820 g/mol. The van der Waals surface area contributed by atoms with Crippen LogP contribution in [0.3, 0.4) is 0 Å². The Morgan fingerprint density at radius 2 is 1.34 bits per heavy atom. The van der Waals surface area contributed by atoms with Crippen molar-refractivity contribution in [3.63, 3.8) is 0 Å². The monoisotopic (exact) mass is 1820 g/mol. The van der Waals surface area contributed by atoms with Crippen LogP contribution in [0.1, 0.15) is 121 Å². The molecule has 38 nitrogen and oxygen atoms in total. The quantitative estimate of drug-likeness (QED) is 0.0263. The summed E-state index contributed by atoms with van der Waals surface area (Å²) >= 11 is 14.3. The summed E-state index contributed by atoms with van der Waals surface area (Å²) in [6.45, 7) is 4.76. The van der Waals surface area contributed by atoms with E-state index >= 15 is 24.0 Å². The number of aliphatic hydroxyl groups excluding tert-OH is 7. The Hall–Kier alpha value is -11.9. The van der Waals surface area contributed by atoms with Crippen molar-refractivity contribution in [2.75, 3.05) is 32.1 Å². The molecule has 0 aromatic heterocycles. The third-order valence-corrected chi connectivity index (χ3v) is 22.1. The second kappa shape index (κ2) is 39.6. The van der Waals surface area contributed by atoms with E-state index in [1.807, 2.05) is 0 Å². The van der Waals surface area contributed by atoms with Gasteiger partial charge in [-0.3, -0.25) is 48.6 Å². The highest BCUT2D eigenvalue weighted by Gasteiger charge is 2.53. The third-order valence-electron chi connectivity index (χ3n) is 21.5. The second-order valence-electron chi connectivity index (χ2n) is 31.1. The minimum absolute atomic E-state index is 0.0339. The van der Waals surface area contributed by atoms with E-state index in [2.05, 4.69) is 63.4 Å². The van der Waals surface area contributed by atoms with Crippen molar-refractivity contribution >= 4 is 82.1 Å². The Kier molecular flexibility index (Phi) is 29.4. The zero-order valence-electron chi connectivity index (χ0n) is 67.7. The molecule has 0 spiro atoms. The smallest absolute Gasteiger partial charge is 0.508 e. The number of rotatable bonds is 22. The van der Waals surface area contributed by atoms with E-state index < -0.39 is 278 Å². The molecule has 680 valence electrons. The molecule has 23 N–H and O–H groups in total. The van der Waals surface area contributed by atoms with Crippen molar-refractivity contribution in [1.82, 2.24) is 53.4 Å². The van der Waals surface area contributed by atoms with Crippen LogP contribution in [0, 0.1) is 11.7 Å². The topological polar surface area (TPSA) is 579 Å². The Morgan fingerprint density at radius 1 is 0.701 bits per heavy atom. The molecule has 11 bridgehead atoms. The summed E-state index contributed by atoms with van der Waals surface area (Å²) in [5.41, 5.74) is 6.60. The number of phenols is 3. The number of amides is 9. The second-order valence-corrected chi connectivity index (χ2v) is 31.9. The van der Waals surface area contributed by atoms with Crippen molar-refractivity contribution in [2.24, 2.45) is 11.7 Å². The number of hydrogen-bond donors (Lipinski definition) is 22. The summed E-state index contributed by atoms with van der Waals surface area (Å²) in [5.74, 6) is -19.3. The van der Waals surface area contributed by atoms with Gasteiger partial charge in [0.15, 0.2) is 35.5 Å². The lowest BCUT2D eigenvalue weighted by Crippen LogP contribution is -2.65. The lowest BCUT2D eigenvalue weighted by molar-refractivity contribution is -0.334. The fraction of sp³-hybridized carbons (Fsp3) is 0.386. The molecule has 44 heteroatoms. The van der Waals surface area contributed by atoms with Gasteiger partial charge in [-0.05, 0) is 152 Å². The van der Waals surface area contributed by atoms with Crippen molar-refractivity contribution in [2.45, 2.75) is 169 Å². The van der Waals surface area contributed by atoms with Gasteiger partial charge in [0.1, 0.15) is 95.5 Å². The Bertz CT molecular complexity index is 5340. The molecule has 2 fully saturated rings. The fourth-order valence-corrected chi connectivity index (χ4v) is 15.4. The van der Waals surface area contributed by atoms with Gasteiger partial charge in [-0.1, -0.05) is 67.4 Å². The van der Waals surface area contributed by atoms with Crippen LogP contribution < -0.4 is 83.4 Å². The van der Waals surface area contributed by atoms with Gasteiger partial charge in [-0.15, -0.1) is 13.2 Å². The van der Waals surface area contributed by atoms with Gasteiger partial charge in [0.05, 0.1) is 47.9 Å². The summed E-state index contributed by atoms with van der Waals surface area (Å²) in [6.07, 6.45) is -25.0. The highest BCUT2D eigenvalue weighted by molar-refractivity contribution is 6.32. The number of benzene rings is 7. The lowest BCUT2D eigenvalue weighted by atomic mass is 9.84. The van der Waals surface area contributed by atoms with Crippen LogP contribution in [-0.2, 0) is 59.1 Å². The molecule has 16 unspecified atom stereocenters. The molecule has 7 aromatic carbocycles. The number of ether oxygens (including phenoxy) is 7. The number of hydrazine groups is 1. The van der Waals surface area contributed by atoms with Crippen LogP contribution in [0.15, 0.2) is 121 Å². The molecule has 127 heavy (non-hydrogen) atoms. The maximum absolute atomic E-state index is 16.3. The Labute approximate surface area is 729 Å². The number of hydrogen-bond acceptors (Lipinski definition) is 29. The molecule has 0 aliphatic carbocycles. The van der Waals surface area contributed by atoms with E-state index in [0.717, 1.165) is 78.9 Å². The predicted octanol–water partition coefficient (Wildman–Crippen LogP) is 2.76. The Balaban J connectivity index is 0.998. The molecule has 18 atom stereocenters. The standard InChI is InChI=1S/C83H90Cl2F4N12O26/c1-33(2)20-48(91-5)74(114)99-64-66(108)37-9-15-52(45(84)22-37)122-55-25-40-26-56(70(55)126-81-71(69(111)68(110)57(32-103)124-81)125-59-30-82(4,72(112)34(3)121-59)92-31-35-6-12-41(13-7-35)94-73(113)39-11-17-54(47(86)24-39)127-83(87,88)89)123-53-16-10-38(23-46(53)85)67(109)65-79(119)98-63(80(120)101-93-18-19-102)44-27-42(104)28-51(106)60(44)43-21-36(8-14-50(43)105)61(76(116)100-65)97-77(117)62(40)96-75(115)49(29-58(90)107)95-78(64)118/h6-17,21-28,33-34,48-49,57,59,61-69,71-72,81,91-93,102-106,108-112H,18-20,29-32H2,1-5H3,(H2,90,107)(H,94,113)(H,95,118)(H,96,115)(H,97,117)(H,98,119)(H,99,114)(H,100,116)(H,101,120)/t34?,48?,49?,57?,59?,61?,62?,63-,64?,65?,66?,67?,68?,69?,71?,72?,81?,82-/m1/s1. The first-order chi connectivity index (χ1) is 60.1. The van der Waals surface area contributed by atoms with E-state index in [1.54, 1.807) is 32.9 Å². The number of primary amides is 1. The van der Waals surface area contributed by atoms with Crippen molar-refractivity contribution in [3.8, 4) is 62.9 Å². The van der Waals surface area contributed by atoms with Crippen molar-refractivity contribution < 1.29 is 145 Å². The molecule has 7 heterocycles. The number of anilines is 1. The SMILES string of the molecule is CNC(CC(C)C)C(=O)NC1C(=O)NC(CC(N)=O)C(=O)NC2C(=O)NC3C(=O)NC(C(=O)N[C@@H](C(=O)NNCCO)c4cc(O)cc(O)c4-c4cc3ccc4O)C(O)c3ccc(c(Cl)c3)Oc3cc2cc(c3OC2OC(CO)C(O)C(O)C2OC2C[C@@](C)(NCc3ccc(NC(=O)c4ccc(OC(F)(F)F)c(F)c4)cc3)C(O)C(C)O2)Oc2ccc(cc2Cl)C1O. The highest BCUT2D eigenvalue weighted by atomic mass is 35.5. The molecule has 7 aromatic rings. The van der Waals surface area contributed by atoms with Gasteiger partial charge in [0.2, 0.25) is 53.4 Å². The van der Waals surface area contributed by atoms with Crippen LogP contribution in [-0.4, -0.2) is 216 Å². The number of likely N-dealkylation sites (N-methyl/N-ethyl adjacent to an activating group) is 1. The number of carbonyl (C=O) groups is 9. The highest BCUT2D eigenvalue weighted by Crippen LogP contribution is 2.50. The van der Waals surface area contributed by atoms with E-state index in [-0.39, 0.29) is 59.8 Å². The lowest BCUT2D eigenvalue weighted by Gasteiger charge is -2.48. The number of nitrogens with one attached hydrogen (secondary N) is 11. The molecular formula is C83H90Cl2F4N12O26. The zero-order valence-corrected chi connectivity index (χ0v) is 69.3. The molecule has 2 saturated heterocycles. The summed E-state index contributed by atoms with van der Waals surface area (Å²) in [5, 5.41) is 139. The summed E-state index contributed by atoms with van der Waals surface area (Å²) < 4.78 is 96.0. The first-order valence-corrected chi connectivity index (χ1v) is 40.2. The molecule has 0 radical (unpaired) electrons. The number of alkyl halides is 3. The molecule has 0 saturated carbocycles. The maximum Gasteiger partial charge on any atom is 0.573 e. The van der Waals surface area contributed by atoms with Gasteiger partial charge in [-0.2, -0.15) is 0 Å². The molecule has 7 aliphatic rings. The van der Waals surface area contributed by atoms with E-state index in [1.165, 1.54) is 32.2 Å². The van der Waals surface area contributed by atoms with E-state index in [9.17, 15) is 87.8 Å².